The Hall–Kier alpha value is -3.32. The average molecular weight is 392 g/mol. The Morgan fingerprint density at radius 1 is 1.07 bits per heavy atom. The van der Waals surface area contributed by atoms with Crippen molar-refractivity contribution in [1.82, 2.24) is 9.97 Å². The highest BCUT2D eigenvalue weighted by Crippen LogP contribution is 2.36. The number of aromatic nitrogens is 2. The third-order valence-electron chi connectivity index (χ3n) is 4.48. The summed E-state index contributed by atoms with van der Waals surface area (Å²) in [6.07, 6.45) is 1.51. The minimum absolute atomic E-state index is 0.250. The molecule has 2 aromatic carbocycles. The van der Waals surface area contributed by atoms with Crippen molar-refractivity contribution in [2.24, 2.45) is 0 Å². The van der Waals surface area contributed by atoms with Crippen molar-refractivity contribution in [2.75, 3.05) is 17.3 Å². The van der Waals surface area contributed by atoms with Gasteiger partial charge in [0.2, 0.25) is 0 Å². The van der Waals surface area contributed by atoms with E-state index < -0.39 is 0 Å². The number of hydrogen-bond donors (Lipinski definition) is 1. The highest BCUT2D eigenvalue weighted by atomic mass is 32.1. The Morgan fingerprint density at radius 2 is 1.79 bits per heavy atom. The van der Waals surface area contributed by atoms with E-state index in [1.165, 1.54) is 41.9 Å². The van der Waals surface area contributed by atoms with E-state index in [0.717, 1.165) is 27.3 Å². The van der Waals surface area contributed by atoms with E-state index in [1.807, 2.05) is 49.2 Å². The number of para-hydroxylation sites is 1. The number of aryl methyl sites for hydroxylation is 1. The minimum Gasteiger partial charge on any atom is -0.329 e. The van der Waals surface area contributed by atoms with Crippen LogP contribution in [0.5, 0.6) is 0 Å². The second-order valence-corrected chi connectivity index (χ2v) is 7.29. The van der Waals surface area contributed by atoms with Crippen LogP contribution in [0, 0.1) is 12.7 Å². The topological polar surface area (TPSA) is 58.1 Å². The van der Waals surface area contributed by atoms with Gasteiger partial charge in [-0.3, -0.25) is 4.79 Å². The number of halogens is 1. The molecule has 0 spiro atoms. The van der Waals surface area contributed by atoms with Gasteiger partial charge in [0.1, 0.15) is 22.8 Å². The number of nitrogens with one attached hydrogen (secondary N) is 1. The first-order valence-electron chi connectivity index (χ1n) is 8.64. The van der Waals surface area contributed by atoms with Gasteiger partial charge in [0.15, 0.2) is 0 Å². The van der Waals surface area contributed by atoms with E-state index in [-0.39, 0.29) is 11.7 Å². The van der Waals surface area contributed by atoms with Crippen LogP contribution in [0.1, 0.15) is 15.2 Å². The molecule has 2 aromatic heterocycles. The quantitative estimate of drug-likeness (QED) is 0.521. The molecule has 4 aromatic rings. The summed E-state index contributed by atoms with van der Waals surface area (Å²) in [7, 11) is 1.94. The first kappa shape index (κ1) is 18.1. The van der Waals surface area contributed by atoms with Crippen LogP contribution in [0.15, 0.2) is 60.9 Å². The van der Waals surface area contributed by atoms with Crippen LogP contribution in [0.25, 0.3) is 10.2 Å². The number of fused-ring (bicyclic) bond motifs is 1. The number of carbonyl (C=O) groups excluding carboxylic acids is 1. The monoisotopic (exact) mass is 392 g/mol. The Bertz CT molecular complexity index is 1140. The predicted octanol–water partition coefficient (Wildman–Crippen LogP) is 5.16. The lowest BCUT2D eigenvalue weighted by Crippen LogP contribution is -2.13. The van der Waals surface area contributed by atoms with Crippen LogP contribution >= 0.6 is 11.3 Å². The fraction of sp³-hybridized carbons (Fsp3) is 0.0952. The van der Waals surface area contributed by atoms with Gasteiger partial charge in [0, 0.05) is 18.4 Å². The first-order valence-corrected chi connectivity index (χ1v) is 9.46. The van der Waals surface area contributed by atoms with Crippen LogP contribution in [-0.4, -0.2) is 22.9 Å². The zero-order valence-electron chi connectivity index (χ0n) is 15.3. The lowest BCUT2D eigenvalue weighted by Gasteiger charge is -2.19. The van der Waals surface area contributed by atoms with E-state index in [2.05, 4.69) is 15.3 Å². The molecule has 28 heavy (non-hydrogen) atoms. The van der Waals surface area contributed by atoms with Crippen LogP contribution in [-0.2, 0) is 0 Å². The van der Waals surface area contributed by atoms with Crippen molar-refractivity contribution in [1.29, 1.82) is 0 Å². The molecule has 0 atom stereocenters. The maximum Gasteiger partial charge on any atom is 0.266 e. The predicted molar refractivity (Wildman–Crippen MR) is 111 cm³/mol. The fourth-order valence-corrected chi connectivity index (χ4v) is 4.06. The van der Waals surface area contributed by atoms with E-state index in [9.17, 15) is 9.18 Å². The number of amides is 1. The minimum atomic E-state index is -0.347. The molecule has 1 N–H and O–H groups in total. The molecule has 2 heterocycles. The molecule has 4 rings (SSSR count). The molecule has 0 aliphatic rings. The number of nitrogens with zero attached hydrogens (tertiary/aromatic N) is 3. The Labute approximate surface area is 165 Å². The third kappa shape index (κ3) is 3.32. The summed E-state index contributed by atoms with van der Waals surface area (Å²) in [5.41, 5.74) is 2.35. The van der Waals surface area contributed by atoms with Crippen molar-refractivity contribution < 1.29 is 9.18 Å². The molecular formula is C21H17FN4OS. The number of hydrogen-bond acceptors (Lipinski definition) is 5. The van der Waals surface area contributed by atoms with Gasteiger partial charge in [-0.2, -0.15) is 0 Å². The molecule has 5 nitrogen and oxygen atoms in total. The Morgan fingerprint density at radius 3 is 2.50 bits per heavy atom. The summed E-state index contributed by atoms with van der Waals surface area (Å²) in [6.45, 7) is 1.89. The molecule has 0 unspecified atom stereocenters. The highest BCUT2D eigenvalue weighted by Gasteiger charge is 2.21. The summed E-state index contributed by atoms with van der Waals surface area (Å²) in [4.78, 5) is 24.9. The van der Waals surface area contributed by atoms with Gasteiger partial charge >= 0.3 is 0 Å². The summed E-state index contributed by atoms with van der Waals surface area (Å²) >= 11 is 1.32. The highest BCUT2D eigenvalue weighted by molar-refractivity contribution is 7.20. The van der Waals surface area contributed by atoms with Gasteiger partial charge < -0.3 is 10.2 Å². The normalized spacial score (nSPS) is 10.8. The first-order chi connectivity index (χ1) is 13.5. The Kier molecular flexibility index (Phi) is 4.75. The van der Waals surface area contributed by atoms with Crippen LogP contribution in [0.2, 0.25) is 0 Å². The van der Waals surface area contributed by atoms with E-state index >= 15 is 0 Å². The van der Waals surface area contributed by atoms with Crippen molar-refractivity contribution in [3.8, 4) is 0 Å². The molecule has 140 valence electrons. The molecule has 0 aliphatic heterocycles. The average Bonchev–Trinajstić information content (AvgIpc) is 3.07. The molecule has 0 fully saturated rings. The lowest BCUT2D eigenvalue weighted by atomic mass is 10.1. The molecular weight excluding hydrogens is 375 g/mol. The lowest BCUT2D eigenvalue weighted by molar-refractivity contribution is 0.103. The summed E-state index contributed by atoms with van der Waals surface area (Å²) in [5.74, 6) is 0.145. The molecule has 0 aliphatic carbocycles. The molecule has 7 heteroatoms. The van der Waals surface area contributed by atoms with Gasteiger partial charge in [-0.25, -0.2) is 14.4 Å². The molecule has 0 radical (unpaired) electrons. The number of carbonyl (C=O) groups is 1. The van der Waals surface area contributed by atoms with Gasteiger partial charge in [-0.05, 0) is 48.9 Å². The second-order valence-electron chi connectivity index (χ2n) is 6.29. The molecule has 0 saturated carbocycles. The maximum atomic E-state index is 13.1. The van der Waals surface area contributed by atoms with Crippen LogP contribution in [0.4, 0.5) is 21.6 Å². The van der Waals surface area contributed by atoms with Crippen LogP contribution in [0.3, 0.4) is 0 Å². The summed E-state index contributed by atoms with van der Waals surface area (Å²) in [6, 6.07) is 15.6. The summed E-state index contributed by atoms with van der Waals surface area (Å²) in [5, 5.41) is 3.66. The van der Waals surface area contributed by atoms with E-state index in [1.54, 1.807) is 0 Å². The molecule has 1 amide bonds. The smallest absolute Gasteiger partial charge is 0.266 e. The number of thiophene rings is 1. The SMILES string of the molecule is Cc1c(C(=O)Nc2ccc(F)cc2)sc2ncnc(N(C)c3ccccc3)c12. The second kappa shape index (κ2) is 7.36. The van der Waals surface area contributed by atoms with Crippen LogP contribution < -0.4 is 10.2 Å². The molecule has 0 saturated heterocycles. The van der Waals surface area contributed by atoms with Gasteiger partial charge in [0.05, 0.1) is 10.3 Å². The third-order valence-corrected chi connectivity index (χ3v) is 5.67. The largest absolute Gasteiger partial charge is 0.329 e. The number of benzene rings is 2. The zero-order valence-corrected chi connectivity index (χ0v) is 16.1. The van der Waals surface area contributed by atoms with E-state index in [0.29, 0.717) is 10.6 Å². The number of anilines is 3. The zero-order chi connectivity index (χ0) is 19.7. The summed E-state index contributed by atoms with van der Waals surface area (Å²) < 4.78 is 13.1. The van der Waals surface area contributed by atoms with Crippen molar-refractivity contribution in [3.63, 3.8) is 0 Å². The maximum absolute atomic E-state index is 13.1. The van der Waals surface area contributed by atoms with Crippen molar-refractivity contribution in [2.45, 2.75) is 6.92 Å². The van der Waals surface area contributed by atoms with Crippen molar-refractivity contribution >= 4 is 44.7 Å². The number of rotatable bonds is 4. The van der Waals surface area contributed by atoms with Gasteiger partial charge in [-0.15, -0.1) is 11.3 Å². The van der Waals surface area contributed by atoms with E-state index in [4.69, 9.17) is 0 Å². The molecule has 0 bridgehead atoms. The van der Waals surface area contributed by atoms with Gasteiger partial charge in [0.25, 0.3) is 5.91 Å². The Balaban J connectivity index is 1.72. The van der Waals surface area contributed by atoms with Crippen molar-refractivity contribution in [3.05, 3.63) is 77.2 Å². The van der Waals surface area contributed by atoms with Gasteiger partial charge in [-0.1, -0.05) is 18.2 Å². The fourth-order valence-electron chi connectivity index (χ4n) is 3.02. The standard InChI is InChI=1S/C21H17FN4OS/c1-13-17-19(26(2)16-6-4-3-5-7-16)23-12-24-21(17)28-18(13)20(27)25-15-10-8-14(22)9-11-15/h3-12H,1-2H3,(H,25,27).